The normalized spacial score (nSPS) is 11.7. The average molecular weight is 275 g/mol. The number of nitrogens with zero attached hydrogens (tertiary/aromatic N) is 1. The van der Waals surface area contributed by atoms with Gasteiger partial charge in [-0.3, -0.25) is 4.99 Å². The third-order valence-electron chi connectivity index (χ3n) is 3.05. The van der Waals surface area contributed by atoms with Crippen molar-refractivity contribution in [2.75, 3.05) is 13.6 Å². The predicted octanol–water partition coefficient (Wildman–Crippen LogP) is 2.73. The maximum Gasteiger partial charge on any atom is 0.191 e. The van der Waals surface area contributed by atoms with Crippen molar-refractivity contribution in [3.8, 4) is 0 Å². The Hall–Kier alpha value is -2.30. The molecule has 2 N–H and O–H groups in total. The molecule has 0 bridgehead atoms. The number of aryl methyl sites for hydroxylation is 1. The zero-order chi connectivity index (χ0) is 14.5. The molecular formula is C15H18FN3O. The lowest BCUT2D eigenvalue weighted by Gasteiger charge is -2.09. The van der Waals surface area contributed by atoms with E-state index >= 15 is 0 Å². The Morgan fingerprint density at radius 3 is 2.95 bits per heavy atom. The summed E-state index contributed by atoms with van der Waals surface area (Å²) in [6, 6.07) is 4.53. The number of halogens is 1. The molecule has 20 heavy (non-hydrogen) atoms. The molecule has 1 heterocycles. The van der Waals surface area contributed by atoms with Crippen molar-refractivity contribution in [2.45, 2.75) is 13.5 Å². The van der Waals surface area contributed by atoms with Crippen LogP contribution < -0.4 is 10.6 Å². The van der Waals surface area contributed by atoms with Crippen molar-refractivity contribution in [2.24, 2.45) is 4.99 Å². The summed E-state index contributed by atoms with van der Waals surface area (Å²) in [5.74, 6) is 1.17. The number of hydrogen-bond acceptors (Lipinski definition) is 2. The molecular weight excluding hydrogens is 257 g/mol. The fraction of sp³-hybridized carbons (Fsp3) is 0.267. The molecule has 0 saturated carbocycles. The molecule has 0 amide bonds. The van der Waals surface area contributed by atoms with Crippen LogP contribution in [0.15, 0.2) is 40.3 Å². The summed E-state index contributed by atoms with van der Waals surface area (Å²) >= 11 is 0. The number of aliphatic imine (C=N–C) groups is 1. The van der Waals surface area contributed by atoms with Crippen LogP contribution in [0.3, 0.4) is 0 Å². The van der Waals surface area contributed by atoms with Crippen molar-refractivity contribution in [1.82, 2.24) is 10.6 Å². The number of guanidine groups is 1. The van der Waals surface area contributed by atoms with E-state index in [0.717, 1.165) is 16.7 Å². The van der Waals surface area contributed by atoms with Crippen LogP contribution in [0, 0.1) is 12.7 Å². The number of nitrogens with one attached hydrogen (secondary N) is 2. The molecule has 0 aliphatic heterocycles. The molecule has 0 unspecified atom stereocenters. The minimum absolute atomic E-state index is 0.260. The molecule has 2 rings (SSSR count). The molecule has 0 radical (unpaired) electrons. The SMILES string of the molecule is C=CCNC(=NC)NCc1oc2ccc(F)cc2c1C. The first-order chi connectivity index (χ1) is 9.65. The van der Waals surface area contributed by atoms with Gasteiger partial charge in [0.1, 0.15) is 17.2 Å². The number of hydrogen-bond donors (Lipinski definition) is 2. The van der Waals surface area contributed by atoms with E-state index in [2.05, 4.69) is 22.2 Å². The minimum atomic E-state index is -0.260. The second-order valence-electron chi connectivity index (χ2n) is 4.39. The summed E-state index contributed by atoms with van der Waals surface area (Å²) in [5, 5.41) is 7.01. The van der Waals surface area contributed by atoms with E-state index < -0.39 is 0 Å². The van der Waals surface area contributed by atoms with Crippen LogP contribution in [0.25, 0.3) is 11.0 Å². The number of fused-ring (bicyclic) bond motifs is 1. The quantitative estimate of drug-likeness (QED) is 0.512. The van der Waals surface area contributed by atoms with Crippen LogP contribution >= 0.6 is 0 Å². The monoisotopic (exact) mass is 275 g/mol. The molecule has 4 nitrogen and oxygen atoms in total. The Labute approximate surface area is 117 Å². The van der Waals surface area contributed by atoms with Gasteiger partial charge < -0.3 is 15.1 Å². The van der Waals surface area contributed by atoms with Crippen LogP contribution in [0.1, 0.15) is 11.3 Å². The minimum Gasteiger partial charge on any atom is -0.459 e. The van der Waals surface area contributed by atoms with Crippen molar-refractivity contribution < 1.29 is 8.81 Å². The summed E-state index contributed by atoms with van der Waals surface area (Å²) < 4.78 is 19.0. The van der Waals surface area contributed by atoms with Crippen molar-refractivity contribution >= 4 is 16.9 Å². The highest BCUT2D eigenvalue weighted by Crippen LogP contribution is 2.25. The van der Waals surface area contributed by atoms with Crippen molar-refractivity contribution in [1.29, 1.82) is 0 Å². The maximum absolute atomic E-state index is 13.2. The Balaban J connectivity index is 2.13. The molecule has 0 saturated heterocycles. The van der Waals surface area contributed by atoms with Gasteiger partial charge in [-0.2, -0.15) is 0 Å². The molecule has 0 aliphatic rings. The van der Waals surface area contributed by atoms with Gasteiger partial charge in [0, 0.05) is 24.5 Å². The lowest BCUT2D eigenvalue weighted by atomic mass is 10.1. The summed E-state index contributed by atoms with van der Waals surface area (Å²) in [6.07, 6.45) is 1.75. The smallest absolute Gasteiger partial charge is 0.191 e. The highest BCUT2D eigenvalue weighted by molar-refractivity contribution is 5.83. The molecule has 0 spiro atoms. The summed E-state index contributed by atoms with van der Waals surface area (Å²) in [6.45, 7) is 6.67. The molecule has 106 valence electrons. The molecule has 0 atom stereocenters. The predicted molar refractivity (Wildman–Crippen MR) is 79.3 cm³/mol. The summed E-state index contributed by atoms with van der Waals surface area (Å²) in [7, 11) is 1.69. The zero-order valence-corrected chi connectivity index (χ0v) is 11.7. The van der Waals surface area contributed by atoms with Crippen molar-refractivity contribution in [3.63, 3.8) is 0 Å². The van der Waals surface area contributed by atoms with E-state index in [1.807, 2.05) is 6.92 Å². The first-order valence-corrected chi connectivity index (χ1v) is 6.38. The van der Waals surface area contributed by atoms with Crippen LogP contribution in [0.5, 0.6) is 0 Å². The number of benzene rings is 1. The topological polar surface area (TPSA) is 49.6 Å². The Morgan fingerprint density at radius 1 is 1.45 bits per heavy atom. The van der Waals surface area contributed by atoms with Gasteiger partial charge in [0.2, 0.25) is 0 Å². The van der Waals surface area contributed by atoms with Crippen molar-refractivity contribution in [3.05, 3.63) is 48.0 Å². The van der Waals surface area contributed by atoms with E-state index in [4.69, 9.17) is 4.42 Å². The Bertz CT molecular complexity index is 646. The summed E-state index contributed by atoms with van der Waals surface area (Å²) in [4.78, 5) is 4.08. The van der Waals surface area contributed by atoms with Gasteiger partial charge in [0.15, 0.2) is 5.96 Å². The summed E-state index contributed by atoms with van der Waals surface area (Å²) in [5.41, 5.74) is 1.63. The fourth-order valence-electron chi connectivity index (χ4n) is 1.97. The van der Waals surface area contributed by atoms with Crippen LogP contribution in [0.2, 0.25) is 0 Å². The van der Waals surface area contributed by atoms with E-state index in [9.17, 15) is 4.39 Å². The van der Waals surface area contributed by atoms with Gasteiger partial charge in [-0.05, 0) is 25.1 Å². The molecule has 0 fully saturated rings. The molecule has 1 aromatic heterocycles. The average Bonchev–Trinajstić information content (AvgIpc) is 2.76. The van der Waals surface area contributed by atoms with Gasteiger partial charge in [0.25, 0.3) is 0 Å². The zero-order valence-electron chi connectivity index (χ0n) is 11.7. The Kier molecular flexibility index (Phi) is 4.40. The first-order valence-electron chi connectivity index (χ1n) is 6.38. The maximum atomic E-state index is 13.2. The molecule has 1 aromatic carbocycles. The first kappa shape index (κ1) is 14.1. The van der Waals surface area contributed by atoms with Crippen LogP contribution in [-0.2, 0) is 6.54 Å². The fourth-order valence-corrected chi connectivity index (χ4v) is 1.97. The third-order valence-corrected chi connectivity index (χ3v) is 3.05. The molecule has 5 heteroatoms. The Morgan fingerprint density at radius 2 is 2.25 bits per heavy atom. The second kappa shape index (κ2) is 6.23. The lowest BCUT2D eigenvalue weighted by Crippen LogP contribution is -2.36. The van der Waals surface area contributed by atoms with Gasteiger partial charge in [-0.25, -0.2) is 4.39 Å². The van der Waals surface area contributed by atoms with Gasteiger partial charge in [0.05, 0.1) is 6.54 Å². The van der Waals surface area contributed by atoms with Crippen LogP contribution in [0.4, 0.5) is 4.39 Å². The van der Waals surface area contributed by atoms with E-state index in [-0.39, 0.29) is 5.82 Å². The molecule has 2 aromatic rings. The lowest BCUT2D eigenvalue weighted by molar-refractivity contribution is 0.534. The second-order valence-corrected chi connectivity index (χ2v) is 4.39. The van der Waals surface area contributed by atoms with Gasteiger partial charge in [-0.1, -0.05) is 6.08 Å². The van der Waals surface area contributed by atoms with Gasteiger partial charge >= 0.3 is 0 Å². The van der Waals surface area contributed by atoms with E-state index in [1.165, 1.54) is 12.1 Å². The largest absolute Gasteiger partial charge is 0.459 e. The molecule has 0 aliphatic carbocycles. The standard InChI is InChI=1S/C15H18FN3O/c1-4-7-18-15(17-3)19-9-14-10(2)12-8-11(16)5-6-13(12)20-14/h4-6,8H,1,7,9H2,2-3H3,(H2,17,18,19). The highest BCUT2D eigenvalue weighted by atomic mass is 19.1. The third kappa shape index (κ3) is 2.99. The van der Waals surface area contributed by atoms with Gasteiger partial charge in [-0.15, -0.1) is 6.58 Å². The number of rotatable bonds is 4. The van der Waals surface area contributed by atoms with Crippen LogP contribution in [-0.4, -0.2) is 19.6 Å². The highest BCUT2D eigenvalue weighted by Gasteiger charge is 2.11. The van der Waals surface area contributed by atoms with E-state index in [1.54, 1.807) is 19.2 Å². The van der Waals surface area contributed by atoms with E-state index in [0.29, 0.717) is 24.6 Å². The number of furan rings is 1.